The van der Waals surface area contributed by atoms with Crippen LogP contribution in [0.25, 0.3) is 0 Å². The summed E-state index contributed by atoms with van der Waals surface area (Å²) in [5.74, 6) is -1.58. The lowest BCUT2D eigenvalue weighted by molar-refractivity contribution is -0.136. The molecule has 0 aromatic heterocycles. The van der Waals surface area contributed by atoms with Gasteiger partial charge in [0.2, 0.25) is 5.76 Å². The summed E-state index contributed by atoms with van der Waals surface area (Å²) >= 11 is 0. The van der Waals surface area contributed by atoms with Crippen LogP contribution >= 0.6 is 0 Å². The zero-order valence-electron chi connectivity index (χ0n) is 15.6. The standard InChI is InChI=1S/C21H37O3/c1-3-4-5-6-7-8-9-10-11-12-13-14-15-16-17-18-19-24-20(2)21(22)23/h2,10-11H,3-9,12-19H2,1H3,(H,22,23)/b11-10-,20-2?. The second-order valence-corrected chi connectivity index (χ2v) is 6.46. The monoisotopic (exact) mass is 337 g/mol. The van der Waals surface area contributed by atoms with E-state index in [2.05, 4.69) is 19.1 Å². The van der Waals surface area contributed by atoms with Crippen LogP contribution in [0.2, 0.25) is 0 Å². The number of hydrogen-bond acceptors (Lipinski definition) is 2. The molecule has 0 atom stereocenters. The topological polar surface area (TPSA) is 46.5 Å². The van der Waals surface area contributed by atoms with Gasteiger partial charge in [-0.15, -0.1) is 0 Å². The third-order valence-corrected chi connectivity index (χ3v) is 4.12. The minimum absolute atomic E-state index is 0.400. The molecule has 0 fully saturated rings. The van der Waals surface area contributed by atoms with E-state index >= 15 is 0 Å². The van der Waals surface area contributed by atoms with Gasteiger partial charge in [0.15, 0.2) is 0 Å². The van der Waals surface area contributed by atoms with Crippen LogP contribution in [0.4, 0.5) is 0 Å². The molecular weight excluding hydrogens is 300 g/mol. The molecule has 0 rings (SSSR count). The molecule has 0 saturated carbocycles. The van der Waals surface area contributed by atoms with E-state index in [0.29, 0.717) is 6.61 Å². The first-order chi connectivity index (χ1) is 11.7. The van der Waals surface area contributed by atoms with E-state index in [1.807, 2.05) is 0 Å². The van der Waals surface area contributed by atoms with Crippen LogP contribution in [-0.2, 0) is 9.53 Å². The molecule has 1 radical (unpaired) electrons. The Morgan fingerprint density at radius 1 is 0.833 bits per heavy atom. The molecule has 0 amide bonds. The molecule has 139 valence electrons. The maximum Gasteiger partial charge on any atom is 0.371 e. The van der Waals surface area contributed by atoms with Crippen molar-refractivity contribution in [3.8, 4) is 0 Å². The summed E-state index contributed by atoms with van der Waals surface area (Å²) in [6.45, 7) is 7.83. The molecule has 0 aliphatic carbocycles. The molecule has 0 aliphatic rings. The van der Waals surface area contributed by atoms with Gasteiger partial charge < -0.3 is 9.84 Å². The lowest BCUT2D eigenvalue weighted by Gasteiger charge is -2.04. The molecule has 3 nitrogen and oxygen atoms in total. The number of carboxylic acids is 1. The highest BCUT2D eigenvalue weighted by molar-refractivity contribution is 5.82. The van der Waals surface area contributed by atoms with Crippen LogP contribution in [0.1, 0.15) is 96.8 Å². The van der Waals surface area contributed by atoms with Gasteiger partial charge in [0, 0.05) is 0 Å². The third-order valence-electron chi connectivity index (χ3n) is 4.12. The van der Waals surface area contributed by atoms with Gasteiger partial charge in [-0.2, -0.15) is 0 Å². The van der Waals surface area contributed by atoms with Crippen LogP contribution in [0.5, 0.6) is 0 Å². The fraction of sp³-hybridized carbons (Fsp3) is 0.762. The number of ether oxygens (including phenoxy) is 1. The van der Waals surface area contributed by atoms with E-state index in [1.165, 1.54) is 77.0 Å². The van der Waals surface area contributed by atoms with E-state index in [0.717, 1.165) is 12.8 Å². The van der Waals surface area contributed by atoms with Crippen molar-refractivity contribution in [1.82, 2.24) is 0 Å². The molecule has 0 aromatic carbocycles. The van der Waals surface area contributed by atoms with E-state index < -0.39 is 11.7 Å². The van der Waals surface area contributed by atoms with Crippen molar-refractivity contribution >= 4 is 5.97 Å². The van der Waals surface area contributed by atoms with Crippen LogP contribution in [-0.4, -0.2) is 17.7 Å². The van der Waals surface area contributed by atoms with Crippen molar-refractivity contribution in [2.45, 2.75) is 96.8 Å². The second kappa shape index (κ2) is 18.1. The van der Waals surface area contributed by atoms with Crippen molar-refractivity contribution in [3.05, 3.63) is 24.5 Å². The number of allylic oxidation sites excluding steroid dienone is 2. The Labute approximate surface area is 149 Å². The maximum atomic E-state index is 10.4. The minimum atomic E-state index is -1.18. The number of rotatable bonds is 18. The third kappa shape index (κ3) is 17.1. The number of hydrogen-bond donors (Lipinski definition) is 1. The summed E-state index contributed by atoms with van der Waals surface area (Å²) < 4.78 is 4.91. The van der Waals surface area contributed by atoms with Crippen molar-refractivity contribution in [2.75, 3.05) is 6.61 Å². The normalized spacial score (nSPS) is 11.0. The number of unbranched alkanes of at least 4 members (excludes halogenated alkanes) is 12. The molecule has 1 N–H and O–H groups in total. The Balaban J connectivity index is 3.15. The largest absolute Gasteiger partial charge is 0.487 e. The van der Waals surface area contributed by atoms with Gasteiger partial charge in [-0.25, -0.2) is 4.79 Å². The highest BCUT2D eigenvalue weighted by atomic mass is 16.5. The molecule has 0 aliphatic heterocycles. The SMILES string of the molecule is [CH]=C(OCCCCCCCC/C=C\CCCCCCCC)C(=O)O. The predicted molar refractivity (Wildman–Crippen MR) is 101 cm³/mol. The first kappa shape index (κ1) is 22.8. The summed E-state index contributed by atoms with van der Waals surface area (Å²) in [6, 6.07) is 0. The second-order valence-electron chi connectivity index (χ2n) is 6.46. The Morgan fingerprint density at radius 2 is 1.29 bits per heavy atom. The van der Waals surface area contributed by atoms with Gasteiger partial charge in [-0.1, -0.05) is 76.9 Å². The Bertz CT molecular complexity index is 334. The quantitative estimate of drug-likeness (QED) is 0.135. The summed E-state index contributed by atoms with van der Waals surface area (Å²) in [6.07, 6.45) is 22.2. The zero-order valence-corrected chi connectivity index (χ0v) is 15.6. The first-order valence-electron chi connectivity index (χ1n) is 9.82. The average Bonchev–Trinajstić information content (AvgIpc) is 2.57. The number of carbonyl (C=O) groups is 1. The molecule has 24 heavy (non-hydrogen) atoms. The van der Waals surface area contributed by atoms with Crippen LogP contribution in [0.15, 0.2) is 17.9 Å². The summed E-state index contributed by atoms with van der Waals surface area (Å²) in [5.41, 5.74) is 0. The first-order valence-corrected chi connectivity index (χ1v) is 9.82. The van der Waals surface area contributed by atoms with E-state index in [-0.39, 0.29) is 0 Å². The Hall–Kier alpha value is -1.25. The zero-order chi connectivity index (χ0) is 17.9. The van der Waals surface area contributed by atoms with Crippen LogP contribution < -0.4 is 0 Å². The minimum Gasteiger partial charge on any atom is -0.487 e. The van der Waals surface area contributed by atoms with E-state index in [9.17, 15) is 4.79 Å². The van der Waals surface area contributed by atoms with Crippen molar-refractivity contribution in [2.24, 2.45) is 0 Å². The predicted octanol–water partition coefficient (Wildman–Crippen LogP) is 6.44. The fourth-order valence-corrected chi connectivity index (χ4v) is 2.59. The lowest BCUT2D eigenvalue weighted by Crippen LogP contribution is -2.04. The highest BCUT2D eigenvalue weighted by Gasteiger charge is 2.03. The highest BCUT2D eigenvalue weighted by Crippen LogP contribution is 2.10. The lowest BCUT2D eigenvalue weighted by atomic mass is 10.1. The van der Waals surface area contributed by atoms with Gasteiger partial charge in [0.1, 0.15) is 0 Å². The van der Waals surface area contributed by atoms with Gasteiger partial charge in [-0.05, 0) is 38.7 Å². The van der Waals surface area contributed by atoms with Gasteiger partial charge >= 0.3 is 5.97 Å². The number of carboxylic acid groups (broad SMARTS) is 1. The smallest absolute Gasteiger partial charge is 0.371 e. The maximum absolute atomic E-state index is 10.4. The molecule has 0 spiro atoms. The van der Waals surface area contributed by atoms with Crippen LogP contribution in [0, 0.1) is 6.58 Å². The van der Waals surface area contributed by atoms with Crippen molar-refractivity contribution in [3.63, 3.8) is 0 Å². The van der Waals surface area contributed by atoms with E-state index in [4.69, 9.17) is 16.4 Å². The van der Waals surface area contributed by atoms with Crippen LogP contribution in [0.3, 0.4) is 0 Å². The van der Waals surface area contributed by atoms with Gasteiger partial charge in [-0.3, -0.25) is 0 Å². The fourth-order valence-electron chi connectivity index (χ4n) is 2.59. The molecule has 0 heterocycles. The average molecular weight is 338 g/mol. The Kier molecular flexibility index (Phi) is 17.2. The molecule has 3 heteroatoms. The van der Waals surface area contributed by atoms with Crippen molar-refractivity contribution in [1.29, 1.82) is 0 Å². The van der Waals surface area contributed by atoms with Crippen molar-refractivity contribution < 1.29 is 14.6 Å². The molecule has 0 unspecified atom stereocenters. The van der Waals surface area contributed by atoms with Gasteiger partial charge in [0.25, 0.3) is 0 Å². The van der Waals surface area contributed by atoms with E-state index in [1.54, 1.807) is 0 Å². The molecule has 0 saturated heterocycles. The molecule has 0 bridgehead atoms. The van der Waals surface area contributed by atoms with Gasteiger partial charge in [0.05, 0.1) is 6.61 Å². The molecule has 0 aromatic rings. The summed E-state index contributed by atoms with van der Waals surface area (Å²) in [7, 11) is 0. The Morgan fingerprint density at radius 3 is 1.79 bits per heavy atom. The molecular formula is C21H37O3. The number of aliphatic carboxylic acids is 1. The summed E-state index contributed by atoms with van der Waals surface area (Å²) in [5, 5.41) is 8.52. The summed E-state index contributed by atoms with van der Waals surface area (Å²) in [4.78, 5) is 10.4.